The molecule has 0 atom stereocenters. The van der Waals surface area contributed by atoms with Gasteiger partial charge in [0.25, 0.3) is 5.91 Å². The van der Waals surface area contributed by atoms with Gasteiger partial charge in [0.2, 0.25) is 0 Å². The first kappa shape index (κ1) is 13.5. The summed E-state index contributed by atoms with van der Waals surface area (Å²) in [6.07, 6.45) is 3.53. The predicted molar refractivity (Wildman–Crippen MR) is 82.2 cm³/mol. The minimum atomic E-state index is -0.0752. The summed E-state index contributed by atoms with van der Waals surface area (Å²) < 4.78 is 0. The van der Waals surface area contributed by atoms with Gasteiger partial charge in [-0.3, -0.25) is 9.78 Å². The fourth-order valence-electron chi connectivity index (χ4n) is 2.47. The first-order valence-electron chi connectivity index (χ1n) is 7.12. The quantitative estimate of drug-likeness (QED) is 0.848. The Hall–Kier alpha value is -2.49. The first-order valence-corrected chi connectivity index (χ1v) is 7.12. The molecule has 0 N–H and O–H groups in total. The topological polar surface area (TPSA) is 45.6 Å². The van der Waals surface area contributed by atoms with Crippen molar-refractivity contribution in [3.63, 3.8) is 0 Å². The van der Waals surface area contributed by atoms with E-state index in [0.29, 0.717) is 12.1 Å². The fraction of sp³-hybridized carbons (Fsp3) is 0.235. The van der Waals surface area contributed by atoms with E-state index in [1.54, 1.807) is 23.3 Å². The van der Waals surface area contributed by atoms with Crippen molar-refractivity contribution in [1.29, 1.82) is 0 Å². The average molecular weight is 279 g/mol. The second kappa shape index (κ2) is 5.87. The number of nitrogens with zero attached hydrogens (tertiary/aromatic N) is 3. The SMILES string of the molecule is Cc1ncccc1C(=O)N1CCCC(c2ccccc2)=N1. The third-order valence-corrected chi connectivity index (χ3v) is 3.60. The Kier molecular flexibility index (Phi) is 3.77. The van der Waals surface area contributed by atoms with Crippen molar-refractivity contribution in [3.8, 4) is 0 Å². The third-order valence-electron chi connectivity index (χ3n) is 3.60. The van der Waals surface area contributed by atoms with Crippen molar-refractivity contribution in [2.24, 2.45) is 5.10 Å². The smallest absolute Gasteiger partial charge is 0.267 e. The Morgan fingerprint density at radius 2 is 1.95 bits per heavy atom. The fourth-order valence-corrected chi connectivity index (χ4v) is 2.47. The average Bonchev–Trinajstić information content (AvgIpc) is 2.56. The zero-order chi connectivity index (χ0) is 14.7. The minimum absolute atomic E-state index is 0.0752. The van der Waals surface area contributed by atoms with Gasteiger partial charge in [0.05, 0.1) is 17.0 Å². The van der Waals surface area contributed by atoms with Crippen molar-refractivity contribution in [2.45, 2.75) is 19.8 Å². The lowest BCUT2D eigenvalue weighted by Crippen LogP contribution is -2.32. The van der Waals surface area contributed by atoms with Crippen LogP contribution in [0.1, 0.15) is 34.5 Å². The standard InChI is InChI=1S/C17H17N3O/c1-13-15(9-5-11-18-13)17(21)20-12-6-10-16(19-20)14-7-3-2-4-8-14/h2-5,7-9,11H,6,10,12H2,1H3. The molecule has 21 heavy (non-hydrogen) atoms. The maximum absolute atomic E-state index is 12.6. The number of hydrogen-bond donors (Lipinski definition) is 0. The highest BCUT2D eigenvalue weighted by molar-refractivity contribution is 6.03. The second-order valence-electron chi connectivity index (χ2n) is 5.08. The number of aromatic nitrogens is 1. The number of carbonyl (C=O) groups is 1. The van der Waals surface area contributed by atoms with Crippen LogP contribution in [0, 0.1) is 6.92 Å². The molecule has 1 amide bonds. The van der Waals surface area contributed by atoms with Gasteiger partial charge >= 0.3 is 0 Å². The zero-order valence-electron chi connectivity index (χ0n) is 12.0. The molecule has 106 valence electrons. The molecule has 1 aromatic carbocycles. The molecule has 0 aliphatic carbocycles. The molecule has 2 aromatic rings. The van der Waals surface area contributed by atoms with Gasteiger partial charge in [-0.15, -0.1) is 0 Å². The molecule has 1 aliphatic heterocycles. The van der Waals surface area contributed by atoms with E-state index in [9.17, 15) is 4.79 Å². The third kappa shape index (κ3) is 2.84. The number of benzene rings is 1. The molecule has 0 spiro atoms. The largest absolute Gasteiger partial charge is 0.275 e. The van der Waals surface area contributed by atoms with Gasteiger partial charge in [0.1, 0.15) is 0 Å². The number of carbonyl (C=O) groups excluding carboxylic acids is 1. The van der Waals surface area contributed by atoms with E-state index in [0.717, 1.165) is 29.8 Å². The maximum Gasteiger partial charge on any atom is 0.275 e. The van der Waals surface area contributed by atoms with Crippen LogP contribution < -0.4 is 0 Å². The van der Waals surface area contributed by atoms with E-state index in [1.807, 2.05) is 37.3 Å². The van der Waals surface area contributed by atoms with Gasteiger partial charge in [-0.25, -0.2) is 5.01 Å². The van der Waals surface area contributed by atoms with Crippen LogP contribution in [0.4, 0.5) is 0 Å². The van der Waals surface area contributed by atoms with Gasteiger partial charge in [-0.2, -0.15) is 5.10 Å². The van der Waals surface area contributed by atoms with E-state index in [-0.39, 0.29) is 5.91 Å². The first-order chi connectivity index (χ1) is 10.3. The monoisotopic (exact) mass is 279 g/mol. The Balaban J connectivity index is 1.89. The molecule has 0 saturated heterocycles. The Bertz CT molecular complexity index is 679. The number of amides is 1. The number of pyridine rings is 1. The summed E-state index contributed by atoms with van der Waals surface area (Å²) in [5.74, 6) is -0.0752. The number of hydrazone groups is 1. The van der Waals surface area contributed by atoms with Crippen LogP contribution in [-0.2, 0) is 0 Å². The van der Waals surface area contributed by atoms with Crippen molar-refractivity contribution < 1.29 is 4.79 Å². The summed E-state index contributed by atoms with van der Waals surface area (Å²) >= 11 is 0. The van der Waals surface area contributed by atoms with Crippen LogP contribution in [0.15, 0.2) is 53.8 Å². The molecule has 1 aliphatic rings. The lowest BCUT2D eigenvalue weighted by molar-refractivity contribution is 0.0750. The lowest BCUT2D eigenvalue weighted by atomic mass is 10.0. The van der Waals surface area contributed by atoms with Gasteiger partial charge in [-0.05, 0) is 37.5 Å². The molecule has 0 bridgehead atoms. The molecule has 0 fully saturated rings. The van der Waals surface area contributed by atoms with E-state index >= 15 is 0 Å². The minimum Gasteiger partial charge on any atom is -0.267 e. The van der Waals surface area contributed by atoms with Crippen molar-refractivity contribution in [1.82, 2.24) is 9.99 Å². The van der Waals surface area contributed by atoms with Crippen molar-refractivity contribution >= 4 is 11.6 Å². The van der Waals surface area contributed by atoms with Gasteiger partial charge in [-0.1, -0.05) is 30.3 Å². The number of aryl methyl sites for hydroxylation is 1. The van der Waals surface area contributed by atoms with Crippen LogP contribution in [-0.4, -0.2) is 28.2 Å². The molecule has 2 heterocycles. The van der Waals surface area contributed by atoms with Crippen molar-refractivity contribution in [3.05, 3.63) is 65.5 Å². The summed E-state index contributed by atoms with van der Waals surface area (Å²) in [4.78, 5) is 16.8. The van der Waals surface area contributed by atoms with E-state index < -0.39 is 0 Å². The van der Waals surface area contributed by atoms with Crippen LogP contribution in [0.5, 0.6) is 0 Å². The molecule has 1 aromatic heterocycles. The molecule has 4 nitrogen and oxygen atoms in total. The number of rotatable bonds is 2. The van der Waals surface area contributed by atoms with E-state index in [2.05, 4.69) is 10.1 Å². The summed E-state index contributed by atoms with van der Waals surface area (Å²) in [6, 6.07) is 13.6. The molecule has 4 heteroatoms. The summed E-state index contributed by atoms with van der Waals surface area (Å²) in [6.45, 7) is 2.50. The normalized spacial score (nSPS) is 14.7. The van der Waals surface area contributed by atoms with Crippen molar-refractivity contribution in [2.75, 3.05) is 6.54 Å². The second-order valence-corrected chi connectivity index (χ2v) is 5.08. The summed E-state index contributed by atoms with van der Waals surface area (Å²) in [5, 5.41) is 6.11. The molecule has 0 radical (unpaired) electrons. The van der Waals surface area contributed by atoms with E-state index in [1.165, 1.54) is 0 Å². The highest BCUT2D eigenvalue weighted by Gasteiger charge is 2.21. The van der Waals surface area contributed by atoms with Gasteiger partial charge < -0.3 is 0 Å². The van der Waals surface area contributed by atoms with Crippen LogP contribution >= 0.6 is 0 Å². The highest BCUT2D eigenvalue weighted by atomic mass is 16.2. The number of hydrogen-bond acceptors (Lipinski definition) is 3. The molecule has 0 unspecified atom stereocenters. The van der Waals surface area contributed by atoms with Crippen LogP contribution in [0.3, 0.4) is 0 Å². The maximum atomic E-state index is 12.6. The van der Waals surface area contributed by atoms with Crippen LogP contribution in [0.25, 0.3) is 0 Å². The molecular weight excluding hydrogens is 262 g/mol. The zero-order valence-corrected chi connectivity index (χ0v) is 12.0. The van der Waals surface area contributed by atoms with E-state index in [4.69, 9.17) is 0 Å². The lowest BCUT2D eigenvalue weighted by Gasteiger charge is -2.24. The Labute approximate surface area is 124 Å². The molecule has 3 rings (SSSR count). The Morgan fingerprint density at radius 1 is 1.14 bits per heavy atom. The van der Waals surface area contributed by atoms with Gasteiger partial charge in [0.15, 0.2) is 0 Å². The molecule has 0 saturated carbocycles. The highest BCUT2D eigenvalue weighted by Crippen LogP contribution is 2.17. The van der Waals surface area contributed by atoms with Crippen LogP contribution in [0.2, 0.25) is 0 Å². The summed E-state index contributed by atoms with van der Waals surface area (Å²) in [7, 11) is 0. The van der Waals surface area contributed by atoms with Gasteiger partial charge in [0, 0.05) is 12.7 Å². The summed E-state index contributed by atoms with van der Waals surface area (Å²) in [5.41, 5.74) is 3.41. The predicted octanol–water partition coefficient (Wildman–Crippen LogP) is 3.03. The Morgan fingerprint density at radius 3 is 2.71 bits per heavy atom. The molecular formula is C17H17N3O.